The van der Waals surface area contributed by atoms with E-state index < -0.39 is 12.1 Å². The van der Waals surface area contributed by atoms with Crippen molar-refractivity contribution < 1.29 is 27.5 Å². The zero-order valence-corrected chi connectivity index (χ0v) is 20.6. The highest BCUT2D eigenvalue weighted by molar-refractivity contribution is 5.90. The standard InChI is InChI=1S/C24H23FN6O.C2HF3O2/c1-29-13-19(16-6-3-2-4-7-16)20(14-29)23-27-28-24(32)31(23)22-15-30(11-5-10-26)21-9-8-17(25)12-18(21)22;3-2(4,5)1(6)7/h2-4,6-9,12-15H,5,10-11,26H2,1H3,(H,28,32);(H,6,7). The van der Waals surface area contributed by atoms with E-state index >= 15 is 0 Å². The number of carboxylic acid groups (broad SMARTS) is 1. The number of nitrogens with zero attached hydrogens (tertiary/aromatic N) is 4. The van der Waals surface area contributed by atoms with Gasteiger partial charge in [0.2, 0.25) is 0 Å². The number of hydrogen-bond donors (Lipinski definition) is 3. The molecule has 5 aromatic rings. The maximum Gasteiger partial charge on any atom is 0.490 e. The molecular formula is C26H24F4N6O3. The van der Waals surface area contributed by atoms with Crippen molar-refractivity contribution >= 4 is 16.9 Å². The van der Waals surface area contributed by atoms with Gasteiger partial charge < -0.3 is 20.0 Å². The second-order valence-electron chi connectivity index (χ2n) is 8.62. The summed E-state index contributed by atoms with van der Waals surface area (Å²) in [7, 11) is 1.93. The molecule has 0 fully saturated rings. The highest BCUT2D eigenvalue weighted by atomic mass is 19.4. The molecule has 0 saturated heterocycles. The lowest BCUT2D eigenvalue weighted by atomic mass is 10.0. The average Bonchev–Trinajstić information content (AvgIpc) is 3.57. The topological polar surface area (TPSA) is 124 Å². The minimum Gasteiger partial charge on any atom is -0.475 e. The summed E-state index contributed by atoms with van der Waals surface area (Å²) in [5.41, 5.74) is 9.50. The fourth-order valence-corrected chi connectivity index (χ4v) is 4.19. The molecular weight excluding hydrogens is 520 g/mol. The van der Waals surface area contributed by atoms with Crippen molar-refractivity contribution in [3.8, 4) is 28.2 Å². The molecule has 0 atom stereocenters. The Balaban J connectivity index is 0.000000448. The molecule has 4 N–H and O–H groups in total. The van der Waals surface area contributed by atoms with Gasteiger partial charge in [-0.1, -0.05) is 30.3 Å². The predicted octanol–water partition coefficient (Wildman–Crippen LogP) is 4.31. The van der Waals surface area contributed by atoms with Crippen molar-refractivity contribution in [2.45, 2.75) is 19.1 Å². The molecule has 0 aliphatic heterocycles. The van der Waals surface area contributed by atoms with Gasteiger partial charge in [0.25, 0.3) is 0 Å². The minimum atomic E-state index is -5.08. The van der Waals surface area contributed by atoms with Crippen molar-refractivity contribution in [2.75, 3.05) is 6.54 Å². The average molecular weight is 545 g/mol. The molecule has 0 radical (unpaired) electrons. The molecule has 0 spiro atoms. The van der Waals surface area contributed by atoms with Gasteiger partial charge in [-0.15, -0.1) is 0 Å². The maximum atomic E-state index is 14.2. The molecule has 0 amide bonds. The van der Waals surface area contributed by atoms with E-state index in [4.69, 9.17) is 15.6 Å². The normalized spacial score (nSPS) is 11.4. The summed E-state index contributed by atoms with van der Waals surface area (Å²) in [5.74, 6) is -2.65. The van der Waals surface area contributed by atoms with Gasteiger partial charge in [-0.05, 0) is 36.7 Å². The van der Waals surface area contributed by atoms with Crippen LogP contribution in [-0.2, 0) is 18.4 Å². The number of hydrogen-bond acceptors (Lipinski definition) is 4. The molecule has 0 aliphatic rings. The Labute approximate surface area is 218 Å². The van der Waals surface area contributed by atoms with E-state index in [2.05, 4.69) is 10.2 Å². The SMILES string of the molecule is Cn1cc(-c2ccccc2)c(-c2n[nH]c(=O)n2-c2cn(CCCN)c3ccc(F)cc23)c1.O=C(O)C(F)(F)F. The molecule has 3 aromatic heterocycles. The second kappa shape index (κ2) is 11.0. The van der Waals surface area contributed by atoms with Crippen LogP contribution in [0.5, 0.6) is 0 Å². The van der Waals surface area contributed by atoms with Crippen LogP contribution in [0.25, 0.3) is 39.1 Å². The van der Waals surface area contributed by atoms with E-state index in [9.17, 15) is 22.4 Å². The Bertz CT molecular complexity index is 1660. The van der Waals surface area contributed by atoms with Gasteiger partial charge in [0.15, 0.2) is 5.82 Å². The number of carboxylic acids is 1. The molecule has 13 heteroatoms. The first-order valence-electron chi connectivity index (χ1n) is 11.7. The molecule has 0 aliphatic carbocycles. The van der Waals surface area contributed by atoms with Crippen LogP contribution in [0.1, 0.15) is 6.42 Å². The van der Waals surface area contributed by atoms with Crippen LogP contribution < -0.4 is 11.4 Å². The molecule has 2 aromatic carbocycles. The summed E-state index contributed by atoms with van der Waals surface area (Å²) in [6.07, 6.45) is 1.48. The fraction of sp³-hybridized carbons (Fsp3) is 0.192. The fourth-order valence-electron chi connectivity index (χ4n) is 4.19. The number of H-pyrrole nitrogens is 1. The summed E-state index contributed by atoms with van der Waals surface area (Å²) < 4.78 is 51.4. The number of aliphatic carboxylic acids is 1. The first-order chi connectivity index (χ1) is 18.5. The Morgan fingerprint density at radius 1 is 1.08 bits per heavy atom. The van der Waals surface area contributed by atoms with E-state index in [1.165, 1.54) is 16.7 Å². The Morgan fingerprint density at radius 2 is 1.74 bits per heavy atom. The first kappa shape index (κ1) is 27.4. The van der Waals surface area contributed by atoms with Crippen LogP contribution in [0.4, 0.5) is 17.6 Å². The third kappa shape index (κ3) is 5.77. The lowest BCUT2D eigenvalue weighted by molar-refractivity contribution is -0.192. The second-order valence-corrected chi connectivity index (χ2v) is 8.62. The summed E-state index contributed by atoms with van der Waals surface area (Å²) in [4.78, 5) is 21.8. The van der Waals surface area contributed by atoms with Gasteiger partial charge in [-0.3, -0.25) is 0 Å². The van der Waals surface area contributed by atoms with E-state index in [1.54, 1.807) is 6.07 Å². The largest absolute Gasteiger partial charge is 0.490 e. The Hall–Kier alpha value is -4.65. The molecule has 0 saturated carbocycles. The highest BCUT2D eigenvalue weighted by Gasteiger charge is 2.38. The summed E-state index contributed by atoms with van der Waals surface area (Å²) >= 11 is 0. The van der Waals surface area contributed by atoms with E-state index in [1.807, 2.05) is 65.1 Å². The van der Waals surface area contributed by atoms with Crippen LogP contribution in [0.3, 0.4) is 0 Å². The molecule has 5 rings (SSSR count). The van der Waals surface area contributed by atoms with Gasteiger partial charge in [-0.25, -0.2) is 23.6 Å². The molecule has 204 valence electrons. The molecule has 9 nitrogen and oxygen atoms in total. The maximum absolute atomic E-state index is 14.2. The number of aromatic nitrogens is 5. The predicted molar refractivity (Wildman–Crippen MR) is 137 cm³/mol. The van der Waals surface area contributed by atoms with Gasteiger partial charge in [0.05, 0.1) is 11.2 Å². The van der Waals surface area contributed by atoms with E-state index in [0.29, 0.717) is 30.0 Å². The van der Waals surface area contributed by atoms with E-state index in [-0.39, 0.29) is 11.5 Å². The van der Waals surface area contributed by atoms with Crippen LogP contribution >= 0.6 is 0 Å². The van der Waals surface area contributed by atoms with Crippen molar-refractivity contribution in [3.63, 3.8) is 0 Å². The lowest BCUT2D eigenvalue weighted by Gasteiger charge is -2.06. The molecule has 39 heavy (non-hydrogen) atoms. The smallest absolute Gasteiger partial charge is 0.475 e. The quantitative estimate of drug-likeness (QED) is 0.275. The monoisotopic (exact) mass is 544 g/mol. The van der Waals surface area contributed by atoms with Crippen LogP contribution in [0.2, 0.25) is 0 Å². The van der Waals surface area contributed by atoms with Crippen LogP contribution in [0.15, 0.2) is 71.9 Å². The summed E-state index contributed by atoms with van der Waals surface area (Å²) in [5, 5.41) is 14.7. The Kier molecular flexibility index (Phi) is 7.72. The van der Waals surface area contributed by atoms with Crippen LogP contribution in [-0.4, -0.2) is 47.7 Å². The number of rotatable bonds is 6. The first-order valence-corrected chi connectivity index (χ1v) is 11.7. The number of benzene rings is 2. The van der Waals surface area contributed by atoms with Gasteiger partial charge in [0, 0.05) is 48.7 Å². The number of aromatic amines is 1. The zero-order chi connectivity index (χ0) is 28.3. The third-order valence-corrected chi connectivity index (χ3v) is 5.86. The number of alkyl halides is 3. The molecule has 3 heterocycles. The number of carbonyl (C=O) groups is 1. The van der Waals surface area contributed by atoms with Gasteiger partial charge in [0.1, 0.15) is 5.82 Å². The minimum absolute atomic E-state index is 0.363. The number of fused-ring (bicyclic) bond motifs is 1. The number of nitrogens with one attached hydrogen (secondary N) is 1. The van der Waals surface area contributed by atoms with Crippen LogP contribution in [0, 0.1) is 5.82 Å². The van der Waals surface area contributed by atoms with Crippen molar-refractivity contribution in [1.82, 2.24) is 23.9 Å². The number of aryl methyl sites for hydroxylation is 2. The molecule has 0 unspecified atom stereocenters. The van der Waals surface area contributed by atoms with Crippen molar-refractivity contribution in [2.24, 2.45) is 12.8 Å². The third-order valence-electron chi connectivity index (χ3n) is 5.86. The van der Waals surface area contributed by atoms with Crippen molar-refractivity contribution in [1.29, 1.82) is 0 Å². The molecule has 0 bridgehead atoms. The zero-order valence-electron chi connectivity index (χ0n) is 20.6. The van der Waals surface area contributed by atoms with Gasteiger partial charge in [-0.2, -0.15) is 18.3 Å². The lowest BCUT2D eigenvalue weighted by Crippen LogP contribution is -2.21. The summed E-state index contributed by atoms with van der Waals surface area (Å²) in [6.45, 7) is 1.21. The van der Waals surface area contributed by atoms with E-state index in [0.717, 1.165) is 28.6 Å². The van der Waals surface area contributed by atoms with Gasteiger partial charge >= 0.3 is 17.8 Å². The number of nitrogens with two attached hydrogens (primary N) is 1. The Morgan fingerprint density at radius 3 is 2.38 bits per heavy atom. The number of halogens is 4. The summed E-state index contributed by atoms with van der Waals surface area (Å²) in [6, 6.07) is 14.5. The highest BCUT2D eigenvalue weighted by Crippen LogP contribution is 2.34. The van der Waals surface area contributed by atoms with Crippen molar-refractivity contribution in [3.05, 3.63) is 83.4 Å².